The predicted octanol–water partition coefficient (Wildman–Crippen LogP) is 1.85. The Kier molecular flexibility index (Phi) is 2.64. The molecule has 0 saturated carbocycles. The van der Waals surface area contributed by atoms with E-state index in [0.717, 1.165) is 35.1 Å². The number of aromatic nitrogens is 5. The van der Waals surface area contributed by atoms with Crippen LogP contribution in [-0.4, -0.2) is 30.6 Å². The number of H-pyrrole nitrogens is 1. The van der Waals surface area contributed by atoms with E-state index in [1.807, 2.05) is 13.1 Å². The van der Waals surface area contributed by atoms with Gasteiger partial charge < -0.3 is 9.55 Å². The maximum Gasteiger partial charge on any atom is 0.259 e. The molecule has 7 nitrogen and oxygen atoms in total. The van der Waals surface area contributed by atoms with Gasteiger partial charge in [-0.3, -0.25) is 10.1 Å². The number of anilines is 1. The van der Waals surface area contributed by atoms with E-state index in [0.29, 0.717) is 10.7 Å². The molecule has 21 heavy (non-hydrogen) atoms. The molecule has 1 amide bonds. The Morgan fingerprint density at radius 1 is 1.48 bits per heavy atom. The molecule has 0 atom stereocenters. The summed E-state index contributed by atoms with van der Waals surface area (Å²) in [6, 6.07) is 0. The molecule has 106 valence electrons. The monoisotopic (exact) mass is 300 g/mol. The largest absolute Gasteiger partial charge is 0.364 e. The van der Waals surface area contributed by atoms with Crippen LogP contribution in [0.4, 0.5) is 5.13 Å². The van der Waals surface area contributed by atoms with Gasteiger partial charge in [0.25, 0.3) is 5.91 Å². The van der Waals surface area contributed by atoms with Crippen molar-refractivity contribution in [2.45, 2.75) is 19.9 Å². The summed E-state index contributed by atoms with van der Waals surface area (Å²) in [6.07, 6.45) is 6.29. The van der Waals surface area contributed by atoms with E-state index in [4.69, 9.17) is 0 Å². The van der Waals surface area contributed by atoms with Gasteiger partial charge in [0.1, 0.15) is 10.8 Å². The Morgan fingerprint density at radius 3 is 3.19 bits per heavy atom. The summed E-state index contributed by atoms with van der Waals surface area (Å²) in [5.74, 6) is 0.635. The minimum Gasteiger partial charge on any atom is -0.364 e. The van der Waals surface area contributed by atoms with Crippen LogP contribution in [0.15, 0.2) is 18.6 Å². The normalized spacial score (nSPS) is 12.8. The number of nitrogens with zero attached hydrogens (tertiary/aromatic N) is 4. The first-order valence-electron chi connectivity index (χ1n) is 6.55. The number of hydrogen-bond acceptors (Lipinski definition) is 5. The lowest BCUT2D eigenvalue weighted by Crippen LogP contribution is -2.15. The molecule has 3 aromatic rings. The Labute approximate surface area is 124 Å². The first kappa shape index (κ1) is 12.3. The van der Waals surface area contributed by atoms with E-state index in [2.05, 4.69) is 30.0 Å². The fourth-order valence-corrected chi connectivity index (χ4v) is 3.15. The van der Waals surface area contributed by atoms with Crippen molar-refractivity contribution in [3.63, 3.8) is 0 Å². The first-order chi connectivity index (χ1) is 10.2. The molecule has 2 N–H and O–H groups in total. The van der Waals surface area contributed by atoms with E-state index in [1.165, 1.54) is 11.3 Å². The Balaban J connectivity index is 1.71. The molecule has 4 rings (SSSR count). The van der Waals surface area contributed by atoms with Gasteiger partial charge in [-0.1, -0.05) is 11.3 Å². The summed E-state index contributed by atoms with van der Waals surface area (Å²) in [4.78, 5) is 20.0. The molecule has 0 aliphatic carbocycles. The SMILES string of the molecule is Cc1nnc(NC(=O)c2c[nH]c3c2-c2nccn2CC3)s1. The molecule has 0 saturated heterocycles. The number of hydrogen-bond donors (Lipinski definition) is 2. The average molecular weight is 300 g/mol. The molecule has 0 radical (unpaired) electrons. The number of rotatable bonds is 2. The number of amides is 1. The maximum atomic E-state index is 12.5. The summed E-state index contributed by atoms with van der Waals surface area (Å²) < 4.78 is 2.06. The van der Waals surface area contributed by atoms with E-state index >= 15 is 0 Å². The van der Waals surface area contributed by atoms with Gasteiger partial charge in [0, 0.05) is 37.3 Å². The number of carbonyl (C=O) groups excluding carboxylic acids is 1. The fourth-order valence-electron chi connectivity index (χ4n) is 2.56. The molecule has 0 spiro atoms. The van der Waals surface area contributed by atoms with Crippen molar-refractivity contribution in [1.29, 1.82) is 0 Å². The van der Waals surface area contributed by atoms with Crippen LogP contribution in [0.5, 0.6) is 0 Å². The van der Waals surface area contributed by atoms with Gasteiger partial charge in [0.2, 0.25) is 5.13 Å². The molecule has 0 aromatic carbocycles. The van der Waals surface area contributed by atoms with Gasteiger partial charge in [0.15, 0.2) is 0 Å². The van der Waals surface area contributed by atoms with E-state index in [1.54, 1.807) is 12.4 Å². The van der Waals surface area contributed by atoms with Crippen LogP contribution in [0.1, 0.15) is 21.1 Å². The van der Waals surface area contributed by atoms with Crippen LogP contribution in [0.3, 0.4) is 0 Å². The van der Waals surface area contributed by atoms with E-state index in [-0.39, 0.29) is 5.91 Å². The first-order valence-corrected chi connectivity index (χ1v) is 7.37. The molecule has 0 bridgehead atoms. The Hall–Kier alpha value is -2.48. The van der Waals surface area contributed by atoms with Crippen molar-refractivity contribution in [3.05, 3.63) is 34.9 Å². The van der Waals surface area contributed by atoms with Crippen molar-refractivity contribution < 1.29 is 4.79 Å². The predicted molar refractivity (Wildman–Crippen MR) is 78.3 cm³/mol. The highest BCUT2D eigenvalue weighted by atomic mass is 32.1. The molecule has 8 heteroatoms. The molecular weight excluding hydrogens is 288 g/mol. The fraction of sp³-hybridized carbons (Fsp3) is 0.231. The zero-order valence-corrected chi connectivity index (χ0v) is 12.1. The van der Waals surface area contributed by atoms with E-state index in [9.17, 15) is 4.79 Å². The van der Waals surface area contributed by atoms with Crippen molar-refractivity contribution in [2.24, 2.45) is 0 Å². The van der Waals surface area contributed by atoms with Crippen molar-refractivity contribution in [3.8, 4) is 11.4 Å². The average Bonchev–Trinajstić information content (AvgIpc) is 3.15. The molecule has 4 heterocycles. The van der Waals surface area contributed by atoms with Gasteiger partial charge in [0.05, 0.1) is 11.1 Å². The minimum atomic E-state index is -0.194. The Morgan fingerprint density at radius 2 is 2.38 bits per heavy atom. The number of aromatic amines is 1. The number of imidazole rings is 1. The summed E-state index contributed by atoms with van der Waals surface area (Å²) >= 11 is 1.35. The van der Waals surface area contributed by atoms with Gasteiger partial charge in [-0.05, 0) is 6.92 Å². The molecular formula is C13H12N6OS. The third-order valence-electron chi connectivity index (χ3n) is 3.49. The van der Waals surface area contributed by atoms with Crippen LogP contribution < -0.4 is 5.32 Å². The van der Waals surface area contributed by atoms with Crippen LogP contribution in [0, 0.1) is 6.92 Å². The summed E-state index contributed by atoms with van der Waals surface area (Å²) in [5.41, 5.74) is 2.52. The number of nitrogens with one attached hydrogen (secondary N) is 2. The topological polar surface area (TPSA) is 88.5 Å². The van der Waals surface area contributed by atoms with Gasteiger partial charge in [-0.15, -0.1) is 10.2 Å². The molecule has 1 aliphatic rings. The van der Waals surface area contributed by atoms with Crippen molar-refractivity contribution in [1.82, 2.24) is 24.7 Å². The van der Waals surface area contributed by atoms with Crippen LogP contribution >= 0.6 is 11.3 Å². The van der Waals surface area contributed by atoms with Crippen molar-refractivity contribution >= 4 is 22.4 Å². The third kappa shape index (κ3) is 1.95. The summed E-state index contributed by atoms with van der Waals surface area (Å²) in [7, 11) is 0. The zero-order valence-electron chi connectivity index (χ0n) is 11.3. The van der Waals surface area contributed by atoms with Gasteiger partial charge in [-0.25, -0.2) is 4.98 Å². The van der Waals surface area contributed by atoms with Crippen LogP contribution in [0.25, 0.3) is 11.4 Å². The number of carbonyl (C=O) groups is 1. The molecule has 0 unspecified atom stereocenters. The molecule has 0 fully saturated rings. The second-order valence-electron chi connectivity index (χ2n) is 4.83. The van der Waals surface area contributed by atoms with Crippen LogP contribution in [0.2, 0.25) is 0 Å². The highest BCUT2D eigenvalue weighted by molar-refractivity contribution is 7.15. The van der Waals surface area contributed by atoms with Crippen LogP contribution in [-0.2, 0) is 13.0 Å². The summed E-state index contributed by atoms with van der Waals surface area (Å²) in [6.45, 7) is 2.72. The number of fused-ring (bicyclic) bond motifs is 3. The summed E-state index contributed by atoms with van der Waals surface area (Å²) in [5, 5.41) is 11.9. The minimum absolute atomic E-state index is 0.194. The van der Waals surface area contributed by atoms with Gasteiger partial charge >= 0.3 is 0 Å². The number of aryl methyl sites for hydroxylation is 3. The Bertz CT molecular complexity index is 829. The molecule has 1 aliphatic heterocycles. The quantitative estimate of drug-likeness (QED) is 0.756. The smallest absolute Gasteiger partial charge is 0.259 e. The highest BCUT2D eigenvalue weighted by Crippen LogP contribution is 2.31. The molecule has 3 aromatic heterocycles. The van der Waals surface area contributed by atoms with Crippen molar-refractivity contribution in [2.75, 3.05) is 5.32 Å². The lowest BCUT2D eigenvalue weighted by Gasteiger charge is -2.15. The maximum absolute atomic E-state index is 12.5. The highest BCUT2D eigenvalue weighted by Gasteiger charge is 2.25. The lowest BCUT2D eigenvalue weighted by atomic mass is 10.0. The third-order valence-corrected chi connectivity index (χ3v) is 4.25. The van der Waals surface area contributed by atoms with Gasteiger partial charge in [-0.2, -0.15) is 0 Å². The second kappa shape index (κ2) is 4.52. The van der Waals surface area contributed by atoms with E-state index < -0.39 is 0 Å². The lowest BCUT2D eigenvalue weighted by molar-refractivity contribution is 0.102. The second-order valence-corrected chi connectivity index (χ2v) is 6.01. The zero-order chi connectivity index (χ0) is 14.4. The standard InChI is InChI=1S/C13H12N6OS/c1-7-17-18-13(21-7)16-12(20)8-6-15-9-2-4-19-5-3-14-11(19)10(8)9/h3,5-6,15H,2,4H2,1H3,(H,16,18,20).